The van der Waals surface area contributed by atoms with Crippen molar-refractivity contribution in [2.75, 3.05) is 32.8 Å². The molecule has 0 atom stereocenters. The molecule has 1 aliphatic rings. The largest absolute Gasteiger partial charge is 0.478 e. The van der Waals surface area contributed by atoms with Gasteiger partial charge in [-0.05, 0) is 39.2 Å². The third-order valence-corrected chi connectivity index (χ3v) is 4.45. The van der Waals surface area contributed by atoms with Crippen molar-refractivity contribution in [3.63, 3.8) is 0 Å². The second kappa shape index (κ2) is 12.1. The fourth-order valence-corrected chi connectivity index (χ4v) is 3.07. The number of aromatic nitrogens is 1. The molecular weight excluding hydrogens is 342 g/mol. The summed E-state index contributed by atoms with van der Waals surface area (Å²) >= 11 is 0. The number of carbonyl (C=O) groups is 1. The predicted molar refractivity (Wildman–Crippen MR) is 108 cm³/mol. The Balaban J connectivity index is 1.82. The highest BCUT2D eigenvalue weighted by atomic mass is 16.5. The fourth-order valence-electron chi connectivity index (χ4n) is 3.07. The first-order valence-corrected chi connectivity index (χ1v) is 10.1. The van der Waals surface area contributed by atoms with Gasteiger partial charge in [-0.1, -0.05) is 12.5 Å². The SMILES string of the molecule is CCNC(=NCc1cccnc1OCC)NCCCN1CCCCCC1=O. The molecule has 1 aromatic heterocycles. The summed E-state index contributed by atoms with van der Waals surface area (Å²) < 4.78 is 5.56. The van der Waals surface area contributed by atoms with Crippen molar-refractivity contribution in [1.29, 1.82) is 0 Å². The smallest absolute Gasteiger partial charge is 0.222 e. The zero-order chi connectivity index (χ0) is 19.3. The Kier molecular flexibility index (Phi) is 9.44. The van der Waals surface area contributed by atoms with Gasteiger partial charge in [-0.15, -0.1) is 0 Å². The number of aliphatic imine (C=N–C) groups is 1. The highest BCUT2D eigenvalue weighted by Crippen LogP contribution is 2.15. The van der Waals surface area contributed by atoms with Crippen LogP contribution >= 0.6 is 0 Å². The van der Waals surface area contributed by atoms with E-state index in [0.717, 1.165) is 63.4 Å². The van der Waals surface area contributed by atoms with Crippen molar-refractivity contribution in [2.45, 2.75) is 52.5 Å². The second-order valence-electron chi connectivity index (χ2n) is 6.57. The third-order valence-electron chi connectivity index (χ3n) is 4.45. The monoisotopic (exact) mass is 375 g/mol. The minimum absolute atomic E-state index is 0.299. The van der Waals surface area contributed by atoms with Gasteiger partial charge in [0.15, 0.2) is 5.96 Å². The number of rotatable bonds is 9. The van der Waals surface area contributed by atoms with Crippen LogP contribution in [0.2, 0.25) is 0 Å². The standard InChI is InChI=1S/C20H33N5O2/c1-3-21-20(24-16-17-10-8-12-22-19(17)27-4-2)23-13-9-15-25-14-7-5-6-11-18(25)26/h8,10,12H,3-7,9,11,13-16H2,1-2H3,(H2,21,23,24). The lowest BCUT2D eigenvalue weighted by Gasteiger charge is -2.20. The number of guanidine groups is 1. The van der Waals surface area contributed by atoms with Crippen LogP contribution in [0.25, 0.3) is 0 Å². The zero-order valence-corrected chi connectivity index (χ0v) is 16.7. The van der Waals surface area contributed by atoms with E-state index < -0.39 is 0 Å². The molecule has 2 rings (SSSR count). The van der Waals surface area contributed by atoms with Gasteiger partial charge in [0, 0.05) is 44.4 Å². The van der Waals surface area contributed by atoms with Crippen LogP contribution in [0.4, 0.5) is 0 Å². The summed E-state index contributed by atoms with van der Waals surface area (Å²) in [5, 5.41) is 6.61. The first kappa shape index (κ1) is 21.0. The molecule has 0 aromatic carbocycles. The molecule has 150 valence electrons. The average molecular weight is 376 g/mol. The van der Waals surface area contributed by atoms with E-state index in [9.17, 15) is 4.79 Å². The van der Waals surface area contributed by atoms with E-state index in [2.05, 4.69) is 20.6 Å². The van der Waals surface area contributed by atoms with Gasteiger partial charge in [-0.25, -0.2) is 9.98 Å². The van der Waals surface area contributed by atoms with Crippen LogP contribution in [0.5, 0.6) is 5.88 Å². The number of nitrogens with one attached hydrogen (secondary N) is 2. The van der Waals surface area contributed by atoms with Crippen LogP contribution < -0.4 is 15.4 Å². The molecule has 2 N–H and O–H groups in total. The number of likely N-dealkylation sites (tertiary alicyclic amines) is 1. The summed E-state index contributed by atoms with van der Waals surface area (Å²) in [4.78, 5) is 22.9. The molecule has 7 nitrogen and oxygen atoms in total. The second-order valence-corrected chi connectivity index (χ2v) is 6.57. The molecule has 0 bridgehead atoms. The van der Waals surface area contributed by atoms with Gasteiger partial charge in [-0.2, -0.15) is 0 Å². The maximum Gasteiger partial charge on any atom is 0.222 e. The lowest BCUT2D eigenvalue weighted by atomic mass is 10.2. The minimum Gasteiger partial charge on any atom is -0.478 e. The van der Waals surface area contributed by atoms with E-state index in [1.807, 2.05) is 30.9 Å². The number of carbonyl (C=O) groups excluding carboxylic acids is 1. The highest BCUT2D eigenvalue weighted by molar-refractivity contribution is 5.79. The van der Waals surface area contributed by atoms with Crippen LogP contribution in [0.1, 0.15) is 51.5 Å². The molecule has 2 heterocycles. The Morgan fingerprint density at radius 2 is 2.19 bits per heavy atom. The van der Waals surface area contributed by atoms with Crippen LogP contribution in [0.3, 0.4) is 0 Å². The van der Waals surface area contributed by atoms with Gasteiger partial charge in [0.25, 0.3) is 0 Å². The van der Waals surface area contributed by atoms with Crippen LogP contribution in [-0.4, -0.2) is 54.5 Å². The molecule has 1 aliphatic heterocycles. The zero-order valence-electron chi connectivity index (χ0n) is 16.7. The van der Waals surface area contributed by atoms with E-state index in [0.29, 0.717) is 31.4 Å². The van der Waals surface area contributed by atoms with Gasteiger partial charge in [0.05, 0.1) is 13.2 Å². The first-order valence-electron chi connectivity index (χ1n) is 10.1. The lowest BCUT2D eigenvalue weighted by molar-refractivity contribution is -0.130. The number of hydrogen-bond donors (Lipinski definition) is 2. The van der Waals surface area contributed by atoms with Gasteiger partial charge in [0.2, 0.25) is 11.8 Å². The molecular formula is C20H33N5O2. The van der Waals surface area contributed by atoms with Crippen LogP contribution in [-0.2, 0) is 11.3 Å². The average Bonchev–Trinajstić information content (AvgIpc) is 2.88. The van der Waals surface area contributed by atoms with E-state index in [1.165, 1.54) is 0 Å². The molecule has 7 heteroatoms. The van der Waals surface area contributed by atoms with Crippen molar-refractivity contribution >= 4 is 11.9 Å². The summed E-state index contributed by atoms with van der Waals surface area (Å²) in [6, 6.07) is 3.88. The Hall–Kier alpha value is -2.31. The molecule has 27 heavy (non-hydrogen) atoms. The molecule has 0 saturated carbocycles. The van der Waals surface area contributed by atoms with E-state index in [1.54, 1.807) is 6.20 Å². The van der Waals surface area contributed by atoms with Crippen molar-refractivity contribution in [2.24, 2.45) is 4.99 Å². The summed E-state index contributed by atoms with van der Waals surface area (Å²) in [5.41, 5.74) is 0.965. The quantitative estimate of drug-likeness (QED) is 0.393. The van der Waals surface area contributed by atoms with Crippen molar-refractivity contribution in [1.82, 2.24) is 20.5 Å². The van der Waals surface area contributed by atoms with Gasteiger partial charge in [-0.3, -0.25) is 4.79 Å². The Labute approximate surface area is 162 Å². The highest BCUT2D eigenvalue weighted by Gasteiger charge is 2.15. The van der Waals surface area contributed by atoms with Gasteiger partial charge in [0.1, 0.15) is 0 Å². The number of ether oxygens (including phenoxy) is 1. The number of amides is 1. The summed E-state index contributed by atoms with van der Waals surface area (Å²) in [6.45, 7) is 8.36. The Morgan fingerprint density at radius 1 is 1.30 bits per heavy atom. The van der Waals surface area contributed by atoms with Crippen molar-refractivity contribution < 1.29 is 9.53 Å². The first-order chi connectivity index (χ1) is 13.2. The predicted octanol–water partition coefficient (Wildman–Crippen LogP) is 2.33. The molecule has 1 aromatic rings. The minimum atomic E-state index is 0.299. The summed E-state index contributed by atoms with van der Waals surface area (Å²) in [7, 11) is 0. The maximum absolute atomic E-state index is 12.0. The molecule has 0 spiro atoms. The van der Waals surface area contributed by atoms with Gasteiger partial charge < -0.3 is 20.3 Å². The van der Waals surface area contributed by atoms with Gasteiger partial charge >= 0.3 is 0 Å². The van der Waals surface area contributed by atoms with E-state index >= 15 is 0 Å². The summed E-state index contributed by atoms with van der Waals surface area (Å²) in [6.07, 6.45) is 6.65. The van der Waals surface area contributed by atoms with Crippen molar-refractivity contribution in [3.8, 4) is 5.88 Å². The topological polar surface area (TPSA) is 78.9 Å². The maximum atomic E-state index is 12.0. The third kappa shape index (κ3) is 7.45. The molecule has 0 aliphatic carbocycles. The lowest BCUT2D eigenvalue weighted by Crippen LogP contribution is -2.39. The van der Waals surface area contributed by atoms with Crippen molar-refractivity contribution in [3.05, 3.63) is 23.9 Å². The fraction of sp³-hybridized carbons (Fsp3) is 0.650. The normalized spacial score (nSPS) is 15.4. The van der Waals surface area contributed by atoms with Crippen LogP contribution in [0.15, 0.2) is 23.3 Å². The molecule has 0 unspecified atom stereocenters. The number of nitrogens with zero attached hydrogens (tertiary/aromatic N) is 3. The molecule has 0 radical (unpaired) electrons. The molecule has 1 saturated heterocycles. The number of hydrogen-bond acceptors (Lipinski definition) is 4. The van der Waals surface area contributed by atoms with E-state index in [-0.39, 0.29) is 0 Å². The Bertz CT molecular complexity index is 606. The number of pyridine rings is 1. The van der Waals surface area contributed by atoms with Crippen LogP contribution in [0, 0.1) is 0 Å². The van der Waals surface area contributed by atoms with E-state index in [4.69, 9.17) is 4.74 Å². The molecule has 1 fully saturated rings. The summed E-state index contributed by atoms with van der Waals surface area (Å²) in [5.74, 6) is 1.71. The Morgan fingerprint density at radius 3 is 3.00 bits per heavy atom. The molecule has 1 amide bonds.